The number of hydrogen-bond donors (Lipinski definition) is 4. The minimum Gasteiger partial charge on any atom is -0.481 e. The molecule has 0 spiro atoms. The number of fused-ring (bicyclic) bond motifs is 8. The van der Waals surface area contributed by atoms with Gasteiger partial charge in [-0.1, -0.05) is 72.8 Å². The van der Waals surface area contributed by atoms with Crippen molar-refractivity contribution in [1.29, 1.82) is 0 Å². The highest BCUT2D eigenvalue weighted by molar-refractivity contribution is 5.70. The lowest BCUT2D eigenvalue weighted by molar-refractivity contribution is -0.140. The van der Waals surface area contributed by atoms with Crippen LogP contribution in [0.3, 0.4) is 0 Å². The monoisotopic (exact) mass is 656 g/mol. The molecular weight excluding hydrogens is 624 g/mol. The molecule has 0 heterocycles. The predicted molar refractivity (Wildman–Crippen MR) is 170 cm³/mol. The fourth-order valence-corrected chi connectivity index (χ4v) is 5.76. The van der Waals surface area contributed by atoms with Crippen LogP contribution in [-0.2, 0) is 44.9 Å². The molecule has 0 unspecified atom stereocenters. The Balaban J connectivity index is 1.76. The molecule has 8 bridgehead atoms. The first-order valence-corrected chi connectivity index (χ1v) is 14.9. The lowest BCUT2D eigenvalue weighted by Crippen LogP contribution is -2.15. The topological polar surface area (TPSA) is 186 Å². The van der Waals surface area contributed by atoms with Gasteiger partial charge in [0.05, 0.1) is 0 Å². The van der Waals surface area contributed by atoms with E-state index in [1.807, 2.05) is 0 Å². The largest absolute Gasteiger partial charge is 0.481 e. The average molecular weight is 657 g/mol. The van der Waals surface area contributed by atoms with Crippen LogP contribution in [0.25, 0.3) is 0 Å². The summed E-state index contributed by atoms with van der Waals surface area (Å²) in [7, 11) is 0. The second-order valence-corrected chi connectivity index (χ2v) is 11.1. The van der Waals surface area contributed by atoms with Crippen LogP contribution in [-0.4, -0.2) is 70.7 Å². The molecule has 48 heavy (non-hydrogen) atoms. The molecule has 4 aromatic rings. The van der Waals surface area contributed by atoms with Crippen molar-refractivity contribution in [3.63, 3.8) is 0 Å². The van der Waals surface area contributed by atoms with Crippen LogP contribution in [0.15, 0.2) is 72.8 Å². The zero-order valence-electron chi connectivity index (χ0n) is 25.6. The molecule has 0 fully saturated rings. The van der Waals surface area contributed by atoms with Gasteiger partial charge in [-0.3, -0.25) is 0 Å². The third-order valence-electron chi connectivity index (χ3n) is 7.60. The number of hydrogen-bond acceptors (Lipinski definition) is 8. The Hall–Kier alpha value is -6.04. The number of carbonyl (C=O) groups is 4. The lowest BCUT2D eigenvalue weighted by Gasteiger charge is -2.22. The summed E-state index contributed by atoms with van der Waals surface area (Å²) >= 11 is 0. The highest BCUT2D eigenvalue weighted by Crippen LogP contribution is 2.38. The van der Waals surface area contributed by atoms with E-state index in [4.69, 9.17) is 18.9 Å². The number of ether oxygens (including phenoxy) is 4. The third-order valence-corrected chi connectivity index (χ3v) is 7.60. The summed E-state index contributed by atoms with van der Waals surface area (Å²) in [6.45, 7) is -2.49. The van der Waals surface area contributed by atoms with Gasteiger partial charge in [0.25, 0.3) is 0 Å². The molecule has 0 atom stereocenters. The Labute approximate surface area is 274 Å². The zero-order valence-corrected chi connectivity index (χ0v) is 25.6. The first-order valence-electron chi connectivity index (χ1n) is 14.9. The van der Waals surface area contributed by atoms with Gasteiger partial charge in [0, 0.05) is 25.7 Å². The fraction of sp³-hybridized carbons (Fsp3) is 0.222. The quantitative estimate of drug-likeness (QED) is 0.150. The highest BCUT2D eigenvalue weighted by atomic mass is 16.5. The van der Waals surface area contributed by atoms with Crippen molar-refractivity contribution < 1.29 is 58.6 Å². The van der Waals surface area contributed by atoms with Crippen molar-refractivity contribution in [2.24, 2.45) is 0 Å². The molecule has 0 aromatic heterocycles. The normalized spacial score (nSPS) is 12.0. The number of benzene rings is 4. The standard InChI is InChI=1S/C36H32O12/c37-29(38)17-45-33-21-5-1-6-22(33)14-24-8-3-10-26(35(24)47-19-31(41)42)16-28-12-4-11-27(36(28)48-20-32(43)44)15-25-9-2-7-23(13-21)34(25)46-18-30(39)40/h1-12H,13-20H2,(H,37,38)(H,39,40)(H,41,42)(H,43,44). The second kappa shape index (κ2) is 15.0. The number of carboxylic acids is 4. The number of rotatable bonds is 12. The molecule has 4 N–H and O–H groups in total. The maximum Gasteiger partial charge on any atom is 0.341 e. The van der Waals surface area contributed by atoms with E-state index in [1.54, 1.807) is 72.8 Å². The van der Waals surface area contributed by atoms with Crippen LogP contribution in [0.4, 0.5) is 0 Å². The number of carboxylic acid groups (broad SMARTS) is 4. The first-order chi connectivity index (χ1) is 23.1. The van der Waals surface area contributed by atoms with E-state index in [0.29, 0.717) is 67.5 Å². The summed E-state index contributed by atoms with van der Waals surface area (Å²) in [6, 6.07) is 21.4. The first kappa shape index (κ1) is 33.3. The third kappa shape index (κ3) is 8.21. The SMILES string of the molecule is O=C(O)COc1c2cccc1Cc1cccc(c1OCC(=O)O)Cc1cccc(c1OCC(=O)O)Cc1cccc(c1OCC(=O)O)C2. The van der Waals surface area contributed by atoms with Crippen molar-refractivity contribution in [1.82, 2.24) is 0 Å². The molecular formula is C36H32O12. The molecule has 5 rings (SSSR count). The van der Waals surface area contributed by atoms with Gasteiger partial charge in [0.2, 0.25) is 0 Å². The Morgan fingerprint density at radius 1 is 0.375 bits per heavy atom. The van der Waals surface area contributed by atoms with Gasteiger partial charge in [-0.25, -0.2) is 19.2 Å². The smallest absolute Gasteiger partial charge is 0.341 e. The molecule has 248 valence electrons. The van der Waals surface area contributed by atoms with Crippen molar-refractivity contribution >= 4 is 23.9 Å². The minimum absolute atomic E-state index is 0.177. The number of aliphatic carboxylic acids is 4. The van der Waals surface area contributed by atoms with Crippen LogP contribution < -0.4 is 18.9 Å². The van der Waals surface area contributed by atoms with Gasteiger partial charge in [0.1, 0.15) is 23.0 Å². The van der Waals surface area contributed by atoms with E-state index < -0.39 is 50.3 Å². The number of para-hydroxylation sites is 4. The molecule has 0 saturated heterocycles. The van der Waals surface area contributed by atoms with Crippen molar-refractivity contribution in [3.8, 4) is 23.0 Å². The van der Waals surface area contributed by atoms with Gasteiger partial charge >= 0.3 is 23.9 Å². The van der Waals surface area contributed by atoms with Crippen LogP contribution in [0.2, 0.25) is 0 Å². The average Bonchev–Trinajstić information content (AvgIpc) is 3.02. The van der Waals surface area contributed by atoms with Crippen LogP contribution in [0.1, 0.15) is 44.5 Å². The summed E-state index contributed by atoms with van der Waals surface area (Å²) < 4.78 is 23.4. The van der Waals surface area contributed by atoms with Crippen molar-refractivity contribution in [2.45, 2.75) is 25.7 Å². The predicted octanol–water partition coefficient (Wildman–Crippen LogP) is 4.22. The van der Waals surface area contributed by atoms with Crippen LogP contribution in [0, 0.1) is 0 Å². The Morgan fingerprint density at radius 3 is 0.688 bits per heavy atom. The molecule has 1 aliphatic rings. The Kier molecular flexibility index (Phi) is 10.4. The van der Waals surface area contributed by atoms with Crippen LogP contribution >= 0.6 is 0 Å². The Morgan fingerprint density at radius 2 is 0.542 bits per heavy atom. The fourth-order valence-electron chi connectivity index (χ4n) is 5.76. The van der Waals surface area contributed by atoms with E-state index in [1.165, 1.54) is 0 Å². The van der Waals surface area contributed by atoms with E-state index in [2.05, 4.69) is 0 Å². The van der Waals surface area contributed by atoms with E-state index in [0.717, 1.165) is 0 Å². The van der Waals surface area contributed by atoms with E-state index >= 15 is 0 Å². The minimum atomic E-state index is -1.18. The summed E-state index contributed by atoms with van der Waals surface area (Å²) in [4.78, 5) is 46.4. The maximum absolute atomic E-state index is 11.6. The second-order valence-electron chi connectivity index (χ2n) is 11.1. The highest BCUT2D eigenvalue weighted by Gasteiger charge is 2.23. The zero-order chi connectivity index (χ0) is 34.2. The molecule has 1 aliphatic carbocycles. The summed E-state index contributed by atoms with van der Waals surface area (Å²) in [6.07, 6.45) is 0.708. The van der Waals surface area contributed by atoms with Gasteiger partial charge in [-0.2, -0.15) is 0 Å². The van der Waals surface area contributed by atoms with Gasteiger partial charge < -0.3 is 39.4 Å². The molecule has 0 saturated carbocycles. The van der Waals surface area contributed by atoms with E-state index in [9.17, 15) is 39.6 Å². The summed E-state index contributed by atoms with van der Waals surface area (Å²) in [5.41, 5.74) is 4.85. The molecule has 0 aliphatic heterocycles. The van der Waals surface area contributed by atoms with E-state index in [-0.39, 0.29) is 25.7 Å². The maximum atomic E-state index is 11.6. The molecule has 0 amide bonds. The van der Waals surface area contributed by atoms with Gasteiger partial charge in [0.15, 0.2) is 26.4 Å². The summed E-state index contributed by atoms with van der Waals surface area (Å²) in [5.74, 6) is -3.48. The molecule has 12 nitrogen and oxygen atoms in total. The van der Waals surface area contributed by atoms with Gasteiger partial charge in [-0.15, -0.1) is 0 Å². The molecule has 0 radical (unpaired) electrons. The Bertz CT molecular complexity index is 1510. The summed E-state index contributed by atoms with van der Waals surface area (Å²) in [5, 5.41) is 37.9. The van der Waals surface area contributed by atoms with Gasteiger partial charge in [-0.05, 0) is 44.5 Å². The lowest BCUT2D eigenvalue weighted by atomic mass is 9.91. The molecule has 12 heteroatoms. The van der Waals surface area contributed by atoms with Crippen molar-refractivity contribution in [3.05, 3.63) is 117 Å². The van der Waals surface area contributed by atoms with Crippen molar-refractivity contribution in [2.75, 3.05) is 26.4 Å². The molecule has 4 aromatic carbocycles. The van der Waals surface area contributed by atoms with Crippen LogP contribution in [0.5, 0.6) is 23.0 Å².